The number of fused-ring (bicyclic) bond motifs is 2. The summed E-state index contributed by atoms with van der Waals surface area (Å²) in [5, 5.41) is 12.3. The molecule has 1 atom stereocenters. The molecule has 1 N–H and O–H groups in total. The van der Waals surface area contributed by atoms with Crippen LogP contribution in [-0.4, -0.2) is 11.1 Å². The molecule has 0 aromatic heterocycles. The Balaban J connectivity index is 2.03. The van der Waals surface area contributed by atoms with E-state index in [1.165, 1.54) is 11.6 Å². The van der Waals surface area contributed by atoms with E-state index in [-0.39, 0.29) is 0 Å². The summed E-state index contributed by atoms with van der Waals surface area (Å²) in [5.41, 5.74) is 3.24. The lowest BCUT2D eigenvalue weighted by Crippen LogP contribution is -2.17. The third-order valence-corrected chi connectivity index (χ3v) is 5.14. The van der Waals surface area contributed by atoms with Gasteiger partial charge in [-0.15, -0.1) is 0 Å². The molecular weight excluding hydrogens is 324 g/mol. The standard InChI is InChI=1S/C23H26O3/c1-4-21(24)26-23-19-11-6-5-10-17(19)22(25)18-13-12-16(14-20(18)23)9-7-8-15(2)3/h4-6,8,10-11,16,25H,1,7,9,12-14H2,2-3H3. The second kappa shape index (κ2) is 7.77. The van der Waals surface area contributed by atoms with Gasteiger partial charge in [0.1, 0.15) is 11.5 Å². The van der Waals surface area contributed by atoms with Crippen LogP contribution in [0.4, 0.5) is 0 Å². The highest BCUT2D eigenvalue weighted by Crippen LogP contribution is 2.45. The van der Waals surface area contributed by atoms with Crippen molar-refractivity contribution in [3.63, 3.8) is 0 Å². The first-order valence-corrected chi connectivity index (χ1v) is 9.24. The Morgan fingerprint density at radius 3 is 2.69 bits per heavy atom. The van der Waals surface area contributed by atoms with Crippen LogP contribution in [0.3, 0.4) is 0 Å². The predicted molar refractivity (Wildman–Crippen MR) is 106 cm³/mol. The number of esters is 1. The summed E-state index contributed by atoms with van der Waals surface area (Å²) < 4.78 is 5.64. The number of hydrogen-bond donors (Lipinski definition) is 1. The molecule has 2 aromatic rings. The van der Waals surface area contributed by atoms with E-state index < -0.39 is 5.97 Å². The van der Waals surface area contributed by atoms with Crippen molar-refractivity contribution < 1.29 is 14.6 Å². The zero-order valence-electron chi connectivity index (χ0n) is 15.5. The molecule has 3 nitrogen and oxygen atoms in total. The maximum atomic E-state index is 11.9. The fourth-order valence-corrected chi connectivity index (χ4v) is 3.83. The van der Waals surface area contributed by atoms with Gasteiger partial charge in [0.25, 0.3) is 0 Å². The predicted octanol–water partition coefficient (Wildman–Crippen LogP) is 5.49. The first kappa shape index (κ1) is 18.2. The monoisotopic (exact) mass is 350 g/mol. The van der Waals surface area contributed by atoms with Crippen LogP contribution < -0.4 is 4.74 Å². The van der Waals surface area contributed by atoms with Crippen molar-refractivity contribution in [3.8, 4) is 11.5 Å². The number of phenols is 1. The van der Waals surface area contributed by atoms with Crippen LogP contribution in [0.5, 0.6) is 11.5 Å². The van der Waals surface area contributed by atoms with Crippen LogP contribution in [0.25, 0.3) is 10.8 Å². The Bertz CT molecular complexity index is 873. The van der Waals surface area contributed by atoms with Crippen molar-refractivity contribution >= 4 is 16.7 Å². The molecule has 0 amide bonds. The van der Waals surface area contributed by atoms with Gasteiger partial charge in [0.05, 0.1) is 0 Å². The van der Waals surface area contributed by atoms with Crippen LogP contribution >= 0.6 is 0 Å². The topological polar surface area (TPSA) is 46.5 Å². The van der Waals surface area contributed by atoms with Crippen LogP contribution in [0.1, 0.15) is 44.2 Å². The molecule has 0 saturated heterocycles. The molecule has 1 unspecified atom stereocenters. The van der Waals surface area contributed by atoms with Crippen LogP contribution in [-0.2, 0) is 17.6 Å². The quantitative estimate of drug-likeness (QED) is 0.336. The smallest absolute Gasteiger partial charge is 0.335 e. The molecule has 0 heterocycles. The van der Waals surface area contributed by atoms with E-state index in [1.807, 2.05) is 24.3 Å². The summed E-state index contributed by atoms with van der Waals surface area (Å²) in [6.07, 6.45) is 8.30. The Hall–Kier alpha value is -2.55. The summed E-state index contributed by atoms with van der Waals surface area (Å²) in [5.74, 6) is 0.983. The summed E-state index contributed by atoms with van der Waals surface area (Å²) in [6.45, 7) is 7.74. The minimum Gasteiger partial charge on any atom is -0.507 e. The summed E-state index contributed by atoms with van der Waals surface area (Å²) >= 11 is 0. The largest absolute Gasteiger partial charge is 0.507 e. The number of hydrogen-bond acceptors (Lipinski definition) is 3. The van der Waals surface area contributed by atoms with Crippen molar-refractivity contribution in [2.24, 2.45) is 5.92 Å². The fourth-order valence-electron chi connectivity index (χ4n) is 3.83. The molecule has 0 spiro atoms. The van der Waals surface area contributed by atoms with Gasteiger partial charge >= 0.3 is 5.97 Å². The van der Waals surface area contributed by atoms with Crippen molar-refractivity contribution in [1.82, 2.24) is 0 Å². The lowest BCUT2D eigenvalue weighted by atomic mass is 9.79. The average molecular weight is 350 g/mol. The molecule has 3 heteroatoms. The van der Waals surface area contributed by atoms with E-state index in [9.17, 15) is 9.90 Å². The van der Waals surface area contributed by atoms with E-state index in [2.05, 4.69) is 26.5 Å². The minimum absolute atomic E-state index is 0.330. The third kappa shape index (κ3) is 3.67. The lowest BCUT2D eigenvalue weighted by Gasteiger charge is -2.28. The third-order valence-electron chi connectivity index (χ3n) is 5.14. The van der Waals surface area contributed by atoms with Crippen LogP contribution in [0.2, 0.25) is 0 Å². The van der Waals surface area contributed by atoms with Gasteiger partial charge in [0.2, 0.25) is 0 Å². The molecule has 1 aliphatic carbocycles. The highest BCUT2D eigenvalue weighted by atomic mass is 16.5. The van der Waals surface area contributed by atoms with E-state index in [1.54, 1.807) is 0 Å². The zero-order chi connectivity index (χ0) is 18.7. The highest BCUT2D eigenvalue weighted by molar-refractivity contribution is 5.98. The lowest BCUT2D eigenvalue weighted by molar-refractivity contribution is -0.128. The number of carbonyl (C=O) groups is 1. The number of aromatic hydroxyl groups is 1. The molecular formula is C23H26O3. The molecule has 26 heavy (non-hydrogen) atoms. The number of carbonyl (C=O) groups excluding carboxylic acids is 1. The van der Waals surface area contributed by atoms with Gasteiger partial charge in [-0.1, -0.05) is 42.5 Å². The van der Waals surface area contributed by atoms with E-state index >= 15 is 0 Å². The molecule has 3 rings (SSSR count). The van der Waals surface area contributed by atoms with Gasteiger partial charge < -0.3 is 9.84 Å². The van der Waals surface area contributed by atoms with Crippen molar-refractivity contribution in [3.05, 3.63) is 59.7 Å². The van der Waals surface area contributed by atoms with Gasteiger partial charge in [0, 0.05) is 28.0 Å². The number of phenolic OH excluding ortho intramolecular Hbond substituents is 1. The van der Waals surface area contributed by atoms with Crippen molar-refractivity contribution in [2.45, 2.75) is 46.0 Å². The van der Waals surface area contributed by atoms with Gasteiger partial charge in [-0.3, -0.25) is 0 Å². The SMILES string of the molecule is C=CC(=O)Oc1c2c(c(O)c3ccccc13)CCC(CCC=C(C)C)C2. The van der Waals surface area contributed by atoms with Gasteiger partial charge in [-0.25, -0.2) is 4.79 Å². The number of rotatable bonds is 5. The Kier molecular flexibility index (Phi) is 5.46. The summed E-state index contributed by atoms with van der Waals surface area (Å²) in [7, 11) is 0. The number of benzene rings is 2. The zero-order valence-corrected chi connectivity index (χ0v) is 15.5. The maximum absolute atomic E-state index is 11.9. The molecule has 2 aromatic carbocycles. The number of ether oxygens (including phenoxy) is 1. The van der Waals surface area contributed by atoms with Crippen molar-refractivity contribution in [1.29, 1.82) is 0 Å². The average Bonchev–Trinajstić information content (AvgIpc) is 2.64. The molecule has 1 aliphatic rings. The molecule has 0 aliphatic heterocycles. The van der Waals surface area contributed by atoms with Gasteiger partial charge in [0.15, 0.2) is 0 Å². The van der Waals surface area contributed by atoms with Crippen LogP contribution in [0, 0.1) is 5.92 Å². The Labute approximate surface area is 155 Å². The van der Waals surface area contributed by atoms with E-state index in [0.717, 1.165) is 54.0 Å². The van der Waals surface area contributed by atoms with E-state index in [4.69, 9.17) is 4.74 Å². The summed E-state index contributed by atoms with van der Waals surface area (Å²) in [6, 6.07) is 7.55. The van der Waals surface area contributed by atoms with Crippen LogP contribution in [0.15, 0.2) is 48.6 Å². The molecule has 0 bridgehead atoms. The second-order valence-electron chi connectivity index (χ2n) is 7.27. The molecule has 136 valence electrons. The molecule has 0 fully saturated rings. The number of allylic oxidation sites excluding steroid dienone is 2. The van der Waals surface area contributed by atoms with Crippen molar-refractivity contribution in [2.75, 3.05) is 0 Å². The highest BCUT2D eigenvalue weighted by Gasteiger charge is 2.27. The summed E-state index contributed by atoms with van der Waals surface area (Å²) in [4.78, 5) is 11.9. The second-order valence-corrected chi connectivity index (χ2v) is 7.27. The fraction of sp³-hybridized carbons (Fsp3) is 0.348. The van der Waals surface area contributed by atoms with Gasteiger partial charge in [-0.2, -0.15) is 0 Å². The maximum Gasteiger partial charge on any atom is 0.335 e. The molecule has 0 radical (unpaired) electrons. The first-order valence-electron chi connectivity index (χ1n) is 9.24. The minimum atomic E-state index is -0.463. The van der Waals surface area contributed by atoms with Gasteiger partial charge in [-0.05, 0) is 51.9 Å². The molecule has 0 saturated carbocycles. The van der Waals surface area contributed by atoms with E-state index in [0.29, 0.717) is 17.4 Å². The Morgan fingerprint density at radius 2 is 2.00 bits per heavy atom. The Morgan fingerprint density at radius 1 is 1.27 bits per heavy atom. The normalized spacial score (nSPS) is 16.0. The first-order chi connectivity index (χ1) is 12.5.